The summed E-state index contributed by atoms with van der Waals surface area (Å²) in [6.07, 6.45) is 2.52. The molecule has 2 aromatic rings. The van der Waals surface area contributed by atoms with E-state index in [2.05, 4.69) is 21.3 Å². The molecule has 1 fully saturated rings. The van der Waals surface area contributed by atoms with E-state index in [9.17, 15) is 10.1 Å². The molecule has 1 aliphatic rings. The smallest absolute Gasteiger partial charge is 0.317 e. The summed E-state index contributed by atoms with van der Waals surface area (Å²) in [5.74, 6) is 1.47. The Balaban J connectivity index is 1.57. The molecule has 0 radical (unpaired) electrons. The van der Waals surface area contributed by atoms with Crippen molar-refractivity contribution < 1.29 is 9.53 Å². The van der Waals surface area contributed by atoms with E-state index in [0.29, 0.717) is 37.6 Å². The standard InChI is InChI=1S/C20H23N5O2/c1-27-18-7-2-5-16(13-18)15-23-20(26)25-10-4-9-24(11-12-25)19-17(14-21)6-3-8-22-19/h2-3,5-8,13H,4,9-12,15H2,1H3,(H,23,26). The van der Waals surface area contributed by atoms with Crippen molar-refractivity contribution in [2.45, 2.75) is 13.0 Å². The average Bonchev–Trinajstić information content (AvgIpc) is 2.98. The van der Waals surface area contributed by atoms with Gasteiger partial charge in [-0.05, 0) is 36.2 Å². The van der Waals surface area contributed by atoms with Crippen LogP contribution < -0.4 is 15.0 Å². The van der Waals surface area contributed by atoms with Crippen LogP contribution >= 0.6 is 0 Å². The Labute approximate surface area is 159 Å². The van der Waals surface area contributed by atoms with Crippen molar-refractivity contribution in [1.29, 1.82) is 5.26 Å². The van der Waals surface area contributed by atoms with Gasteiger partial charge < -0.3 is 19.9 Å². The second-order valence-electron chi connectivity index (χ2n) is 6.32. The van der Waals surface area contributed by atoms with Crippen LogP contribution in [0.5, 0.6) is 5.75 Å². The number of ether oxygens (including phenoxy) is 1. The summed E-state index contributed by atoms with van der Waals surface area (Å²) in [5, 5.41) is 12.2. The lowest BCUT2D eigenvalue weighted by Crippen LogP contribution is -2.41. The zero-order valence-electron chi connectivity index (χ0n) is 15.4. The van der Waals surface area contributed by atoms with Gasteiger partial charge in [-0.1, -0.05) is 12.1 Å². The minimum atomic E-state index is -0.0822. The number of urea groups is 1. The van der Waals surface area contributed by atoms with E-state index in [1.807, 2.05) is 29.2 Å². The van der Waals surface area contributed by atoms with E-state index in [-0.39, 0.29) is 6.03 Å². The molecule has 0 unspecified atom stereocenters. The summed E-state index contributed by atoms with van der Waals surface area (Å²) in [4.78, 5) is 20.8. The van der Waals surface area contributed by atoms with Crippen molar-refractivity contribution >= 4 is 11.8 Å². The van der Waals surface area contributed by atoms with E-state index < -0.39 is 0 Å². The molecule has 1 aliphatic heterocycles. The molecule has 0 bridgehead atoms. The quantitative estimate of drug-likeness (QED) is 0.900. The van der Waals surface area contributed by atoms with E-state index >= 15 is 0 Å². The number of nitrogens with one attached hydrogen (secondary N) is 1. The fourth-order valence-electron chi connectivity index (χ4n) is 3.14. The third-order valence-electron chi connectivity index (χ3n) is 4.57. The van der Waals surface area contributed by atoms with Gasteiger partial charge >= 0.3 is 6.03 Å². The number of aromatic nitrogens is 1. The number of methoxy groups -OCH3 is 1. The van der Waals surface area contributed by atoms with E-state index in [1.54, 1.807) is 25.4 Å². The van der Waals surface area contributed by atoms with Crippen LogP contribution in [0, 0.1) is 11.3 Å². The maximum absolute atomic E-state index is 12.5. The molecule has 7 nitrogen and oxygen atoms in total. The largest absolute Gasteiger partial charge is 0.497 e. The number of anilines is 1. The van der Waals surface area contributed by atoms with Crippen LogP contribution in [-0.2, 0) is 6.54 Å². The minimum absolute atomic E-state index is 0.0822. The zero-order chi connectivity index (χ0) is 19.1. The Morgan fingerprint density at radius 3 is 2.96 bits per heavy atom. The number of benzene rings is 1. The van der Waals surface area contributed by atoms with Gasteiger partial charge in [0.05, 0.1) is 12.7 Å². The van der Waals surface area contributed by atoms with Gasteiger partial charge in [-0.3, -0.25) is 0 Å². The number of hydrogen-bond acceptors (Lipinski definition) is 5. The Bertz CT molecular complexity index is 833. The number of nitriles is 1. The van der Waals surface area contributed by atoms with Crippen LogP contribution in [0.2, 0.25) is 0 Å². The molecule has 3 rings (SSSR count). The van der Waals surface area contributed by atoms with E-state index in [4.69, 9.17) is 4.74 Å². The molecule has 1 saturated heterocycles. The Morgan fingerprint density at radius 1 is 1.26 bits per heavy atom. The normalized spacial score (nSPS) is 14.2. The van der Waals surface area contributed by atoms with Crippen molar-refractivity contribution in [2.24, 2.45) is 0 Å². The van der Waals surface area contributed by atoms with E-state index in [0.717, 1.165) is 24.3 Å². The topological polar surface area (TPSA) is 81.5 Å². The Hall–Kier alpha value is -3.27. The molecule has 1 aromatic carbocycles. The fourth-order valence-corrected chi connectivity index (χ4v) is 3.14. The molecular weight excluding hydrogens is 342 g/mol. The summed E-state index contributed by atoms with van der Waals surface area (Å²) in [6, 6.07) is 13.3. The van der Waals surface area contributed by atoms with Crippen LogP contribution in [0.4, 0.5) is 10.6 Å². The summed E-state index contributed by atoms with van der Waals surface area (Å²) in [7, 11) is 1.62. The van der Waals surface area contributed by atoms with Gasteiger partial charge in [-0.2, -0.15) is 5.26 Å². The van der Waals surface area contributed by atoms with Crippen LogP contribution in [0.25, 0.3) is 0 Å². The molecule has 1 aromatic heterocycles. The van der Waals surface area contributed by atoms with Crippen molar-refractivity contribution in [1.82, 2.24) is 15.2 Å². The van der Waals surface area contributed by atoms with Gasteiger partial charge in [-0.15, -0.1) is 0 Å². The third-order valence-corrected chi connectivity index (χ3v) is 4.57. The van der Waals surface area contributed by atoms with E-state index in [1.165, 1.54) is 0 Å². The molecular formula is C20H23N5O2. The molecule has 0 aliphatic carbocycles. The third kappa shape index (κ3) is 4.67. The first-order chi connectivity index (χ1) is 13.2. The second kappa shape index (κ2) is 8.90. The molecule has 0 saturated carbocycles. The summed E-state index contributed by atoms with van der Waals surface area (Å²) >= 11 is 0. The molecule has 27 heavy (non-hydrogen) atoms. The number of nitrogens with zero attached hydrogens (tertiary/aromatic N) is 4. The molecule has 140 valence electrons. The first kappa shape index (κ1) is 18.5. The highest BCUT2D eigenvalue weighted by Crippen LogP contribution is 2.18. The van der Waals surface area contributed by atoms with Gasteiger partial charge in [0, 0.05) is 38.9 Å². The second-order valence-corrected chi connectivity index (χ2v) is 6.32. The first-order valence-electron chi connectivity index (χ1n) is 8.97. The lowest BCUT2D eigenvalue weighted by molar-refractivity contribution is 0.201. The Kier molecular flexibility index (Phi) is 6.10. The first-order valence-corrected chi connectivity index (χ1v) is 8.97. The fraction of sp³-hybridized carbons (Fsp3) is 0.350. The minimum Gasteiger partial charge on any atom is -0.497 e. The maximum Gasteiger partial charge on any atom is 0.317 e. The lowest BCUT2D eigenvalue weighted by atomic mass is 10.2. The number of carbonyl (C=O) groups is 1. The number of hydrogen-bond donors (Lipinski definition) is 1. The SMILES string of the molecule is COc1cccc(CNC(=O)N2CCCN(c3ncccc3C#N)CC2)c1. The number of amides is 2. The zero-order valence-corrected chi connectivity index (χ0v) is 15.4. The van der Waals surface area contributed by atoms with Crippen LogP contribution in [0.15, 0.2) is 42.6 Å². The van der Waals surface area contributed by atoms with Crippen LogP contribution in [0.3, 0.4) is 0 Å². The molecule has 1 N–H and O–H groups in total. The maximum atomic E-state index is 12.5. The highest BCUT2D eigenvalue weighted by Gasteiger charge is 2.21. The van der Waals surface area contributed by atoms with Gasteiger partial charge in [0.2, 0.25) is 0 Å². The number of pyridine rings is 1. The number of rotatable bonds is 4. The van der Waals surface area contributed by atoms with Gasteiger partial charge in [0.25, 0.3) is 0 Å². The van der Waals surface area contributed by atoms with Crippen molar-refractivity contribution in [3.05, 3.63) is 53.7 Å². The van der Waals surface area contributed by atoms with Crippen molar-refractivity contribution in [2.75, 3.05) is 38.2 Å². The van der Waals surface area contributed by atoms with Gasteiger partial charge in [0.1, 0.15) is 17.6 Å². The molecule has 0 spiro atoms. The Morgan fingerprint density at radius 2 is 2.15 bits per heavy atom. The highest BCUT2D eigenvalue weighted by molar-refractivity contribution is 5.74. The predicted molar refractivity (Wildman–Crippen MR) is 103 cm³/mol. The monoisotopic (exact) mass is 365 g/mol. The molecule has 0 atom stereocenters. The van der Waals surface area contributed by atoms with Gasteiger partial charge in [0.15, 0.2) is 0 Å². The average molecular weight is 365 g/mol. The molecule has 2 heterocycles. The summed E-state index contributed by atoms with van der Waals surface area (Å²) < 4.78 is 5.21. The number of carbonyl (C=O) groups excluding carboxylic acids is 1. The summed E-state index contributed by atoms with van der Waals surface area (Å²) in [5.41, 5.74) is 1.56. The summed E-state index contributed by atoms with van der Waals surface area (Å²) in [6.45, 7) is 3.14. The van der Waals surface area contributed by atoms with Crippen LogP contribution in [0.1, 0.15) is 17.5 Å². The predicted octanol–water partition coefficient (Wildman–Crippen LogP) is 2.38. The highest BCUT2D eigenvalue weighted by atomic mass is 16.5. The van der Waals surface area contributed by atoms with Crippen molar-refractivity contribution in [3.63, 3.8) is 0 Å². The van der Waals surface area contributed by atoms with Crippen molar-refractivity contribution in [3.8, 4) is 11.8 Å². The van der Waals surface area contributed by atoms with Gasteiger partial charge in [-0.25, -0.2) is 9.78 Å². The molecule has 2 amide bonds. The van der Waals surface area contributed by atoms with Crippen LogP contribution in [-0.4, -0.2) is 49.2 Å². The lowest BCUT2D eigenvalue weighted by Gasteiger charge is -2.23. The molecule has 7 heteroatoms.